The van der Waals surface area contributed by atoms with Crippen molar-refractivity contribution in [2.45, 2.75) is 50.6 Å². The molecule has 0 amide bonds. The number of piperazine rings is 1. The van der Waals surface area contributed by atoms with Crippen LogP contribution in [0.4, 0.5) is 5.69 Å². The molecule has 2 aliphatic rings. The summed E-state index contributed by atoms with van der Waals surface area (Å²) in [6, 6.07) is 4.57. The number of anilines is 1. The molecule has 2 fully saturated rings. The monoisotopic (exact) mass is 390 g/mol. The Balaban J connectivity index is 1.95. The van der Waals surface area contributed by atoms with Gasteiger partial charge < -0.3 is 10.2 Å². The molecule has 0 aromatic heterocycles. The first-order valence-corrected chi connectivity index (χ1v) is 9.26. The zero-order valence-corrected chi connectivity index (χ0v) is 15.4. The molecule has 1 saturated carbocycles. The van der Waals surface area contributed by atoms with Crippen molar-refractivity contribution >= 4 is 44.8 Å². The van der Waals surface area contributed by atoms with Crippen LogP contribution in [0.5, 0.6) is 0 Å². The van der Waals surface area contributed by atoms with Gasteiger partial charge in [-0.3, -0.25) is 0 Å². The summed E-state index contributed by atoms with van der Waals surface area (Å²) in [4.78, 5) is 2.47. The highest BCUT2D eigenvalue weighted by molar-refractivity contribution is 9.10. The van der Waals surface area contributed by atoms with Crippen molar-refractivity contribution in [2.75, 3.05) is 18.0 Å². The van der Waals surface area contributed by atoms with Crippen molar-refractivity contribution in [3.05, 3.63) is 26.7 Å². The van der Waals surface area contributed by atoms with Gasteiger partial charge in [-0.2, -0.15) is 0 Å². The highest BCUT2D eigenvalue weighted by atomic mass is 79.9. The van der Waals surface area contributed by atoms with E-state index in [9.17, 15) is 0 Å². The van der Waals surface area contributed by atoms with E-state index in [1.54, 1.807) is 0 Å². The minimum Gasteiger partial charge on any atom is -0.364 e. The zero-order valence-electron chi connectivity index (χ0n) is 12.3. The van der Waals surface area contributed by atoms with Crippen molar-refractivity contribution in [1.29, 1.82) is 0 Å². The van der Waals surface area contributed by atoms with Crippen molar-refractivity contribution in [1.82, 2.24) is 5.32 Å². The molecule has 1 atom stereocenters. The Morgan fingerprint density at radius 3 is 2.67 bits per heavy atom. The van der Waals surface area contributed by atoms with Crippen LogP contribution in [0.15, 0.2) is 16.6 Å². The molecule has 5 heteroatoms. The molecule has 1 aliphatic heterocycles. The van der Waals surface area contributed by atoms with Crippen LogP contribution in [-0.2, 0) is 0 Å². The van der Waals surface area contributed by atoms with Gasteiger partial charge in [0.1, 0.15) is 0 Å². The second-order valence-corrected chi connectivity index (χ2v) is 7.86. The predicted octanol–water partition coefficient (Wildman–Crippen LogP) is 5.26. The number of hydrogen-bond donors (Lipinski definition) is 1. The Morgan fingerprint density at radius 1 is 1.29 bits per heavy atom. The van der Waals surface area contributed by atoms with Gasteiger partial charge in [0.15, 0.2) is 0 Å². The maximum absolute atomic E-state index is 6.53. The maximum atomic E-state index is 6.53. The lowest BCUT2D eigenvalue weighted by Crippen LogP contribution is -2.63. The smallest absolute Gasteiger partial charge is 0.0837 e. The number of benzene rings is 1. The van der Waals surface area contributed by atoms with Gasteiger partial charge in [0, 0.05) is 29.1 Å². The first-order chi connectivity index (χ1) is 10.1. The minimum atomic E-state index is 0.272. The fourth-order valence-corrected chi connectivity index (χ4v) is 4.60. The van der Waals surface area contributed by atoms with Crippen LogP contribution >= 0.6 is 39.1 Å². The summed E-state index contributed by atoms with van der Waals surface area (Å²) < 4.78 is 0.858. The third-order valence-electron chi connectivity index (χ3n) is 4.98. The second-order valence-electron chi connectivity index (χ2n) is 6.25. The molecule has 1 N–H and O–H groups in total. The highest BCUT2D eigenvalue weighted by Gasteiger charge is 2.41. The maximum Gasteiger partial charge on any atom is 0.0837 e. The van der Waals surface area contributed by atoms with Crippen LogP contribution in [0.2, 0.25) is 10.0 Å². The fraction of sp³-hybridized carbons (Fsp3) is 0.625. The third-order valence-corrected chi connectivity index (χ3v) is 6.74. The van der Waals surface area contributed by atoms with E-state index in [1.807, 2.05) is 6.07 Å². The van der Waals surface area contributed by atoms with E-state index in [0.29, 0.717) is 16.1 Å². The van der Waals surface area contributed by atoms with E-state index in [-0.39, 0.29) is 5.54 Å². The summed E-state index contributed by atoms with van der Waals surface area (Å²) in [7, 11) is 0. The van der Waals surface area contributed by atoms with E-state index in [4.69, 9.17) is 23.2 Å². The first-order valence-electron chi connectivity index (χ1n) is 7.71. The van der Waals surface area contributed by atoms with Crippen molar-refractivity contribution in [3.8, 4) is 0 Å². The Bertz CT molecular complexity index is 529. The molecule has 0 radical (unpaired) electrons. The summed E-state index contributed by atoms with van der Waals surface area (Å²) >= 11 is 16.3. The molecule has 1 aromatic carbocycles. The number of hydrogen-bond acceptors (Lipinski definition) is 2. The van der Waals surface area contributed by atoms with Gasteiger partial charge in [-0.25, -0.2) is 0 Å². The summed E-state index contributed by atoms with van der Waals surface area (Å²) in [6.45, 7) is 4.30. The Hall–Kier alpha value is 0.0400. The standard InChI is InChI=1S/C16H21BrCl2N2/c1-2-11-9-20-16(7-3-4-8-16)10-21(11)13-6-5-12(17)14(18)15(13)19/h5-6,11,20H,2-4,7-10H2,1H3. The quantitative estimate of drug-likeness (QED) is 0.692. The molecular weight excluding hydrogens is 371 g/mol. The number of halogens is 3. The van der Waals surface area contributed by atoms with E-state index < -0.39 is 0 Å². The van der Waals surface area contributed by atoms with Gasteiger partial charge in [-0.15, -0.1) is 0 Å². The second kappa shape index (κ2) is 6.27. The van der Waals surface area contributed by atoms with Crippen molar-refractivity contribution in [3.63, 3.8) is 0 Å². The Kier molecular flexibility index (Phi) is 4.75. The molecule has 0 bridgehead atoms. The van der Waals surface area contributed by atoms with Gasteiger partial charge >= 0.3 is 0 Å². The van der Waals surface area contributed by atoms with E-state index in [1.165, 1.54) is 25.7 Å². The lowest BCUT2D eigenvalue weighted by Gasteiger charge is -2.47. The SMILES string of the molecule is CCC1CNC2(CCCC2)CN1c1ccc(Br)c(Cl)c1Cl. The number of nitrogens with zero attached hydrogens (tertiary/aromatic N) is 1. The molecule has 1 spiro atoms. The van der Waals surface area contributed by atoms with E-state index >= 15 is 0 Å². The molecule has 1 unspecified atom stereocenters. The van der Waals surface area contributed by atoms with Gasteiger partial charge in [0.2, 0.25) is 0 Å². The molecule has 3 rings (SSSR count). The van der Waals surface area contributed by atoms with Crippen LogP contribution in [-0.4, -0.2) is 24.7 Å². The summed E-state index contributed by atoms with van der Waals surface area (Å²) in [5.41, 5.74) is 1.35. The molecule has 2 nitrogen and oxygen atoms in total. The van der Waals surface area contributed by atoms with Gasteiger partial charge in [-0.1, -0.05) is 43.0 Å². The Labute approximate surface area is 145 Å². The van der Waals surface area contributed by atoms with Crippen LogP contribution in [0.25, 0.3) is 0 Å². The molecule has 116 valence electrons. The normalized spacial score (nSPS) is 24.8. The Morgan fingerprint density at radius 2 is 2.00 bits per heavy atom. The number of rotatable bonds is 2. The third kappa shape index (κ3) is 2.95. The zero-order chi connectivity index (χ0) is 15.0. The van der Waals surface area contributed by atoms with E-state index in [2.05, 4.69) is 39.1 Å². The summed E-state index contributed by atoms with van der Waals surface area (Å²) in [5, 5.41) is 5.09. The summed E-state index contributed by atoms with van der Waals surface area (Å²) in [5.74, 6) is 0. The van der Waals surface area contributed by atoms with Crippen LogP contribution in [0, 0.1) is 0 Å². The first kappa shape index (κ1) is 15.9. The van der Waals surface area contributed by atoms with Gasteiger partial charge in [0.25, 0.3) is 0 Å². The minimum absolute atomic E-state index is 0.272. The van der Waals surface area contributed by atoms with E-state index in [0.717, 1.165) is 29.7 Å². The predicted molar refractivity (Wildman–Crippen MR) is 94.8 cm³/mol. The van der Waals surface area contributed by atoms with Gasteiger partial charge in [0.05, 0.1) is 15.7 Å². The molecule has 1 saturated heterocycles. The molecule has 21 heavy (non-hydrogen) atoms. The van der Waals surface area contributed by atoms with Crippen molar-refractivity contribution in [2.24, 2.45) is 0 Å². The molecule has 1 heterocycles. The largest absolute Gasteiger partial charge is 0.364 e. The lowest BCUT2D eigenvalue weighted by atomic mass is 9.91. The highest BCUT2D eigenvalue weighted by Crippen LogP contribution is 2.42. The average molecular weight is 392 g/mol. The van der Waals surface area contributed by atoms with Crippen LogP contribution < -0.4 is 10.2 Å². The van der Waals surface area contributed by atoms with Crippen molar-refractivity contribution < 1.29 is 0 Å². The summed E-state index contributed by atoms with van der Waals surface area (Å²) in [6.07, 6.45) is 6.29. The average Bonchev–Trinajstić information content (AvgIpc) is 2.93. The topological polar surface area (TPSA) is 15.3 Å². The molecule has 1 aromatic rings. The molecule has 1 aliphatic carbocycles. The van der Waals surface area contributed by atoms with Crippen LogP contribution in [0.3, 0.4) is 0 Å². The fourth-order valence-electron chi connectivity index (χ4n) is 3.73. The number of nitrogens with one attached hydrogen (secondary N) is 1. The lowest BCUT2D eigenvalue weighted by molar-refractivity contribution is 0.267. The molecular formula is C16H21BrCl2N2. The van der Waals surface area contributed by atoms with Crippen LogP contribution in [0.1, 0.15) is 39.0 Å². The van der Waals surface area contributed by atoms with Gasteiger partial charge in [-0.05, 0) is 47.3 Å².